The molecule has 0 aliphatic carbocycles. The highest BCUT2D eigenvalue weighted by Gasteiger charge is 2.21. The summed E-state index contributed by atoms with van der Waals surface area (Å²) in [5.41, 5.74) is 0.738. The maximum Gasteiger partial charge on any atom is 0.238 e. The number of nitrogens with two attached hydrogens (primary N) is 1. The Bertz CT molecular complexity index is 1060. The van der Waals surface area contributed by atoms with E-state index in [9.17, 15) is 8.42 Å². The van der Waals surface area contributed by atoms with Gasteiger partial charge in [-0.1, -0.05) is 53.7 Å². The van der Waals surface area contributed by atoms with Gasteiger partial charge >= 0.3 is 0 Å². The Morgan fingerprint density at radius 2 is 1.77 bits per heavy atom. The molecular formula is C17H14ClN3O3S2. The van der Waals surface area contributed by atoms with Gasteiger partial charge < -0.3 is 4.74 Å². The van der Waals surface area contributed by atoms with E-state index in [0.29, 0.717) is 21.9 Å². The van der Waals surface area contributed by atoms with E-state index in [2.05, 4.69) is 9.97 Å². The van der Waals surface area contributed by atoms with Crippen LogP contribution in [0.4, 0.5) is 0 Å². The molecule has 1 heterocycles. The van der Waals surface area contributed by atoms with Gasteiger partial charge in [-0.2, -0.15) is 0 Å². The van der Waals surface area contributed by atoms with Crippen molar-refractivity contribution in [2.24, 2.45) is 5.14 Å². The van der Waals surface area contributed by atoms with Crippen LogP contribution >= 0.6 is 23.4 Å². The van der Waals surface area contributed by atoms with Crippen molar-refractivity contribution in [2.75, 3.05) is 7.11 Å². The predicted octanol–water partition coefficient (Wildman–Crippen LogP) is 3.60. The number of rotatable bonds is 5. The van der Waals surface area contributed by atoms with E-state index < -0.39 is 10.0 Å². The number of para-hydroxylation sites is 1. The van der Waals surface area contributed by atoms with Crippen molar-refractivity contribution >= 4 is 33.4 Å². The van der Waals surface area contributed by atoms with E-state index in [0.717, 1.165) is 4.90 Å². The van der Waals surface area contributed by atoms with Crippen LogP contribution in [-0.4, -0.2) is 25.5 Å². The maximum absolute atomic E-state index is 12.0. The number of methoxy groups -OCH3 is 1. The molecule has 0 atom stereocenters. The second-order valence-corrected chi connectivity index (χ2v) is 8.08. The van der Waals surface area contributed by atoms with Crippen LogP contribution in [0.25, 0.3) is 11.3 Å². The molecule has 0 radical (unpaired) electrons. The van der Waals surface area contributed by atoms with Gasteiger partial charge in [-0.3, -0.25) is 0 Å². The molecule has 26 heavy (non-hydrogen) atoms. The van der Waals surface area contributed by atoms with Crippen molar-refractivity contribution in [1.29, 1.82) is 0 Å². The average Bonchev–Trinajstić information content (AvgIpc) is 2.63. The first-order chi connectivity index (χ1) is 12.4. The fraction of sp³-hybridized carbons (Fsp3) is 0.0588. The molecule has 6 nitrogen and oxygen atoms in total. The number of hydrogen-bond donors (Lipinski definition) is 1. The zero-order valence-corrected chi connectivity index (χ0v) is 16.0. The summed E-state index contributed by atoms with van der Waals surface area (Å²) in [6.45, 7) is 0. The van der Waals surface area contributed by atoms with Crippen LogP contribution in [0, 0.1) is 0 Å². The Kier molecular flexibility index (Phi) is 5.47. The summed E-state index contributed by atoms with van der Waals surface area (Å²) >= 11 is 7.59. The normalized spacial score (nSPS) is 11.3. The Balaban J connectivity index is 2.19. The van der Waals surface area contributed by atoms with Crippen molar-refractivity contribution in [1.82, 2.24) is 9.97 Å². The first-order valence-electron chi connectivity index (χ1n) is 7.35. The maximum atomic E-state index is 12.0. The molecule has 0 amide bonds. The number of aromatic nitrogens is 2. The summed E-state index contributed by atoms with van der Waals surface area (Å²) in [6.07, 6.45) is 1.28. The van der Waals surface area contributed by atoms with Gasteiger partial charge in [-0.25, -0.2) is 23.5 Å². The van der Waals surface area contributed by atoms with E-state index in [1.54, 1.807) is 25.3 Å². The monoisotopic (exact) mass is 407 g/mol. The van der Waals surface area contributed by atoms with Gasteiger partial charge in [0.1, 0.15) is 17.2 Å². The van der Waals surface area contributed by atoms with Gasteiger partial charge in [0.15, 0.2) is 0 Å². The molecule has 0 aliphatic heterocycles. The SMILES string of the molecule is COc1ccccc1Sc1c(Cl)ncnc1-c1ccccc1S(N)(=O)=O. The lowest BCUT2D eigenvalue weighted by atomic mass is 10.1. The molecule has 0 saturated heterocycles. The average molecular weight is 408 g/mol. The number of sulfonamides is 1. The largest absolute Gasteiger partial charge is 0.496 e. The van der Waals surface area contributed by atoms with E-state index >= 15 is 0 Å². The molecule has 0 saturated carbocycles. The molecule has 0 unspecified atom stereocenters. The summed E-state index contributed by atoms with van der Waals surface area (Å²) in [7, 11) is -2.37. The molecule has 2 aromatic carbocycles. The fourth-order valence-corrected chi connectivity index (χ4v) is 4.36. The van der Waals surface area contributed by atoms with Crippen LogP contribution in [0.1, 0.15) is 0 Å². The molecule has 9 heteroatoms. The molecule has 1 aromatic heterocycles. The van der Waals surface area contributed by atoms with E-state index in [1.807, 2.05) is 24.3 Å². The smallest absolute Gasteiger partial charge is 0.238 e. The van der Waals surface area contributed by atoms with Gasteiger partial charge in [-0.15, -0.1) is 0 Å². The number of ether oxygens (including phenoxy) is 1. The van der Waals surface area contributed by atoms with E-state index in [1.165, 1.54) is 24.2 Å². The van der Waals surface area contributed by atoms with Gasteiger partial charge in [0.25, 0.3) is 0 Å². The molecule has 2 N–H and O–H groups in total. The van der Waals surface area contributed by atoms with Gasteiger partial charge in [0.2, 0.25) is 10.0 Å². The minimum Gasteiger partial charge on any atom is -0.496 e. The van der Waals surface area contributed by atoms with Crippen LogP contribution < -0.4 is 9.88 Å². The van der Waals surface area contributed by atoms with E-state index in [-0.39, 0.29) is 10.0 Å². The zero-order valence-electron chi connectivity index (χ0n) is 13.6. The van der Waals surface area contributed by atoms with Crippen molar-refractivity contribution < 1.29 is 13.2 Å². The predicted molar refractivity (Wildman–Crippen MR) is 101 cm³/mol. The third-order valence-corrected chi connectivity index (χ3v) is 6.01. The second-order valence-electron chi connectivity index (χ2n) is 5.14. The van der Waals surface area contributed by atoms with Crippen LogP contribution in [0.15, 0.2) is 69.5 Å². The minimum atomic E-state index is -3.93. The van der Waals surface area contributed by atoms with Crippen molar-refractivity contribution in [3.05, 3.63) is 60.0 Å². The molecule has 134 valence electrons. The summed E-state index contributed by atoms with van der Waals surface area (Å²) in [5, 5.41) is 5.55. The fourth-order valence-electron chi connectivity index (χ4n) is 2.36. The summed E-state index contributed by atoms with van der Waals surface area (Å²) in [4.78, 5) is 9.55. The van der Waals surface area contributed by atoms with Crippen LogP contribution in [0.2, 0.25) is 5.15 Å². The Morgan fingerprint density at radius 1 is 1.08 bits per heavy atom. The third kappa shape index (κ3) is 3.83. The second kappa shape index (κ2) is 7.63. The van der Waals surface area contributed by atoms with Gasteiger partial charge in [0, 0.05) is 5.56 Å². The molecule has 0 spiro atoms. The van der Waals surface area contributed by atoms with Crippen LogP contribution in [-0.2, 0) is 10.0 Å². The highest BCUT2D eigenvalue weighted by atomic mass is 35.5. The third-order valence-electron chi connectivity index (χ3n) is 3.49. The Morgan fingerprint density at radius 3 is 2.50 bits per heavy atom. The van der Waals surface area contributed by atoms with Gasteiger partial charge in [0.05, 0.1) is 27.5 Å². The zero-order chi connectivity index (χ0) is 18.7. The van der Waals surface area contributed by atoms with Crippen molar-refractivity contribution in [3.8, 4) is 17.0 Å². The summed E-state index contributed by atoms with van der Waals surface area (Å²) in [5.74, 6) is 0.656. The molecule has 0 bridgehead atoms. The standard InChI is InChI=1S/C17H14ClN3O3S2/c1-24-12-7-3-4-8-13(12)25-16-15(20-10-21-17(16)18)11-6-2-5-9-14(11)26(19,22)23/h2-10H,1H3,(H2,19,22,23). The van der Waals surface area contributed by atoms with Crippen LogP contribution in [0.3, 0.4) is 0 Å². The lowest BCUT2D eigenvalue weighted by Gasteiger charge is -2.13. The highest BCUT2D eigenvalue weighted by molar-refractivity contribution is 7.99. The lowest BCUT2D eigenvalue weighted by molar-refractivity contribution is 0.405. The topological polar surface area (TPSA) is 95.2 Å². The lowest BCUT2D eigenvalue weighted by Crippen LogP contribution is -2.13. The number of halogens is 1. The Labute approximate surface area is 160 Å². The first-order valence-corrected chi connectivity index (χ1v) is 10.1. The molecular weight excluding hydrogens is 394 g/mol. The number of primary sulfonamides is 1. The first kappa shape index (κ1) is 18.7. The molecule has 3 aromatic rings. The molecule has 3 rings (SSSR count). The van der Waals surface area contributed by atoms with E-state index in [4.69, 9.17) is 21.5 Å². The number of nitrogens with zero attached hydrogens (tertiary/aromatic N) is 2. The minimum absolute atomic E-state index is 0.0309. The number of hydrogen-bond acceptors (Lipinski definition) is 6. The quantitative estimate of drug-likeness (QED) is 0.649. The van der Waals surface area contributed by atoms with Crippen LogP contribution in [0.5, 0.6) is 5.75 Å². The molecule has 0 aliphatic rings. The van der Waals surface area contributed by atoms with Crippen molar-refractivity contribution in [3.63, 3.8) is 0 Å². The molecule has 0 fully saturated rings. The summed E-state index contributed by atoms with van der Waals surface area (Å²) < 4.78 is 29.3. The Hall–Kier alpha value is -2.13. The van der Waals surface area contributed by atoms with Gasteiger partial charge in [-0.05, 0) is 18.2 Å². The van der Waals surface area contributed by atoms with Crippen molar-refractivity contribution in [2.45, 2.75) is 14.7 Å². The summed E-state index contributed by atoms with van der Waals surface area (Å²) in [6, 6.07) is 13.8. The number of benzene rings is 2. The highest BCUT2D eigenvalue weighted by Crippen LogP contribution is 2.42.